The molecule has 1 unspecified atom stereocenters. The average Bonchev–Trinajstić information content (AvgIpc) is 2.45. The van der Waals surface area contributed by atoms with Crippen LogP contribution in [0.1, 0.15) is 12.0 Å². The number of aliphatic carboxylic acids is 1. The minimum atomic E-state index is -1.24. The first-order valence-corrected chi connectivity index (χ1v) is 5.88. The molecule has 0 heterocycles. The highest BCUT2D eigenvalue weighted by Gasteiger charge is 2.18. The number of nitro benzene ring substituents is 1. The van der Waals surface area contributed by atoms with E-state index in [-0.39, 0.29) is 18.7 Å². The maximum atomic E-state index is 11.5. The largest absolute Gasteiger partial charge is 0.480 e. The predicted octanol–water partition coefficient (Wildman–Crippen LogP) is 0.870. The first-order chi connectivity index (χ1) is 9.93. The number of carbonyl (C=O) groups is 2. The number of carboxylic acid groups (broad SMARTS) is 1. The van der Waals surface area contributed by atoms with Crippen LogP contribution in [-0.2, 0) is 11.3 Å². The van der Waals surface area contributed by atoms with Gasteiger partial charge in [-0.1, -0.05) is 12.1 Å². The van der Waals surface area contributed by atoms with E-state index >= 15 is 0 Å². The summed E-state index contributed by atoms with van der Waals surface area (Å²) < 4.78 is 0. The normalized spacial score (nSPS) is 11.0. The molecule has 0 aromatic heterocycles. The van der Waals surface area contributed by atoms with E-state index in [1.807, 2.05) is 0 Å². The molecule has 110 valence electrons. The molecule has 0 spiro atoms. The molecule has 0 saturated heterocycles. The number of nitrogens with zero attached hydrogens (tertiary/aromatic N) is 1. The fraction of sp³-hybridized carbons (Fsp3) is 0.231. The van der Waals surface area contributed by atoms with Crippen molar-refractivity contribution >= 4 is 17.7 Å². The van der Waals surface area contributed by atoms with E-state index in [9.17, 15) is 19.7 Å². The van der Waals surface area contributed by atoms with Gasteiger partial charge in [0.05, 0.1) is 4.92 Å². The van der Waals surface area contributed by atoms with Crippen molar-refractivity contribution in [3.8, 4) is 12.3 Å². The third-order valence-electron chi connectivity index (χ3n) is 2.50. The topological polar surface area (TPSA) is 122 Å². The summed E-state index contributed by atoms with van der Waals surface area (Å²) in [6, 6.07) is 3.84. The minimum Gasteiger partial charge on any atom is -0.480 e. The van der Waals surface area contributed by atoms with Crippen LogP contribution in [0.15, 0.2) is 24.3 Å². The fourth-order valence-electron chi connectivity index (χ4n) is 1.49. The van der Waals surface area contributed by atoms with Crippen LogP contribution in [0.2, 0.25) is 0 Å². The summed E-state index contributed by atoms with van der Waals surface area (Å²) in [5.41, 5.74) is 0.425. The van der Waals surface area contributed by atoms with Gasteiger partial charge in [-0.15, -0.1) is 12.3 Å². The maximum absolute atomic E-state index is 11.5. The van der Waals surface area contributed by atoms with Crippen molar-refractivity contribution in [3.05, 3.63) is 39.9 Å². The average molecular weight is 291 g/mol. The van der Waals surface area contributed by atoms with E-state index in [4.69, 9.17) is 11.5 Å². The van der Waals surface area contributed by atoms with Gasteiger partial charge in [0.25, 0.3) is 5.69 Å². The number of benzene rings is 1. The molecule has 8 heteroatoms. The number of urea groups is 1. The molecule has 8 nitrogen and oxygen atoms in total. The number of non-ortho nitro benzene ring substituents is 1. The molecule has 0 aliphatic heterocycles. The molecule has 3 N–H and O–H groups in total. The van der Waals surface area contributed by atoms with Crippen LogP contribution in [-0.4, -0.2) is 28.1 Å². The molecule has 1 rings (SSSR count). The van der Waals surface area contributed by atoms with Gasteiger partial charge in [-0.2, -0.15) is 0 Å². The summed E-state index contributed by atoms with van der Waals surface area (Å²) in [6.45, 7) is 0.0237. The molecule has 21 heavy (non-hydrogen) atoms. The van der Waals surface area contributed by atoms with Gasteiger partial charge in [0, 0.05) is 25.1 Å². The number of terminal acetylenes is 1. The fourth-order valence-corrected chi connectivity index (χ4v) is 1.49. The number of carboxylic acids is 1. The lowest BCUT2D eigenvalue weighted by Crippen LogP contribution is -2.45. The van der Waals surface area contributed by atoms with Crippen molar-refractivity contribution < 1.29 is 19.6 Å². The van der Waals surface area contributed by atoms with Crippen LogP contribution < -0.4 is 10.6 Å². The zero-order valence-electron chi connectivity index (χ0n) is 10.9. The molecule has 0 bridgehead atoms. The molecule has 0 radical (unpaired) electrons. The van der Waals surface area contributed by atoms with Crippen LogP contribution in [0.3, 0.4) is 0 Å². The lowest BCUT2D eigenvalue weighted by Gasteiger charge is -2.12. The Kier molecular flexibility index (Phi) is 5.70. The van der Waals surface area contributed by atoms with Crippen LogP contribution in [0.25, 0.3) is 0 Å². The van der Waals surface area contributed by atoms with E-state index in [1.54, 1.807) is 6.07 Å². The van der Waals surface area contributed by atoms with E-state index in [0.29, 0.717) is 5.56 Å². The maximum Gasteiger partial charge on any atom is 0.327 e. The van der Waals surface area contributed by atoms with Gasteiger partial charge in [0.2, 0.25) is 0 Å². The molecule has 2 amide bonds. The molecular formula is C13H13N3O5. The Labute approximate surface area is 120 Å². The van der Waals surface area contributed by atoms with Crippen molar-refractivity contribution in [2.24, 2.45) is 0 Å². The third-order valence-corrected chi connectivity index (χ3v) is 2.50. The van der Waals surface area contributed by atoms with Crippen molar-refractivity contribution in [3.63, 3.8) is 0 Å². The zero-order chi connectivity index (χ0) is 15.8. The van der Waals surface area contributed by atoms with E-state index in [2.05, 4.69) is 16.6 Å². The first kappa shape index (κ1) is 16.0. The second-order valence-electron chi connectivity index (χ2n) is 4.05. The molecule has 1 atom stereocenters. The lowest BCUT2D eigenvalue weighted by atomic mass is 10.2. The standard InChI is InChI=1S/C13H13N3O5/c1-2-4-11(12(17)18)15-13(19)14-8-9-5-3-6-10(7-9)16(20)21/h1,3,5-7,11H,4,8H2,(H,17,18)(H2,14,15,19). The Morgan fingerprint density at radius 1 is 1.48 bits per heavy atom. The number of rotatable bonds is 6. The Bertz CT molecular complexity index is 594. The number of hydrogen-bond acceptors (Lipinski definition) is 4. The van der Waals surface area contributed by atoms with Crippen molar-refractivity contribution in [1.29, 1.82) is 0 Å². The molecule has 1 aromatic carbocycles. The third kappa shape index (κ3) is 5.20. The van der Waals surface area contributed by atoms with Gasteiger partial charge in [0.1, 0.15) is 6.04 Å². The SMILES string of the molecule is C#CCC(NC(=O)NCc1cccc([N+](=O)[O-])c1)C(=O)O. The van der Waals surface area contributed by atoms with Gasteiger partial charge in [-0.3, -0.25) is 10.1 Å². The summed E-state index contributed by atoms with van der Waals surface area (Å²) in [5, 5.41) is 24.0. The number of nitrogens with one attached hydrogen (secondary N) is 2. The van der Waals surface area contributed by atoms with E-state index in [0.717, 1.165) is 0 Å². The Morgan fingerprint density at radius 2 is 2.19 bits per heavy atom. The van der Waals surface area contributed by atoms with E-state index in [1.165, 1.54) is 18.2 Å². The molecule has 0 aliphatic rings. The molecule has 0 saturated carbocycles. The van der Waals surface area contributed by atoms with Gasteiger partial charge in [-0.25, -0.2) is 9.59 Å². The number of hydrogen-bond donors (Lipinski definition) is 3. The van der Waals surface area contributed by atoms with Crippen LogP contribution >= 0.6 is 0 Å². The molecule has 0 fully saturated rings. The van der Waals surface area contributed by atoms with Crippen molar-refractivity contribution in [2.45, 2.75) is 19.0 Å². The Morgan fingerprint density at radius 3 is 2.76 bits per heavy atom. The summed E-state index contributed by atoms with van der Waals surface area (Å²) in [4.78, 5) is 32.4. The highest BCUT2D eigenvalue weighted by atomic mass is 16.6. The van der Waals surface area contributed by atoms with Crippen molar-refractivity contribution in [1.82, 2.24) is 10.6 Å². The van der Waals surface area contributed by atoms with Gasteiger partial charge in [0.15, 0.2) is 0 Å². The summed E-state index contributed by atoms with van der Waals surface area (Å²) in [6.07, 6.45) is 4.86. The lowest BCUT2D eigenvalue weighted by molar-refractivity contribution is -0.384. The highest BCUT2D eigenvalue weighted by molar-refractivity contribution is 5.82. The van der Waals surface area contributed by atoms with Gasteiger partial charge in [-0.05, 0) is 5.56 Å². The van der Waals surface area contributed by atoms with Crippen LogP contribution in [0.4, 0.5) is 10.5 Å². The van der Waals surface area contributed by atoms with Crippen LogP contribution in [0, 0.1) is 22.5 Å². The molecular weight excluding hydrogens is 278 g/mol. The number of nitro groups is 1. The van der Waals surface area contributed by atoms with Crippen molar-refractivity contribution in [2.75, 3.05) is 0 Å². The number of amides is 2. The Hall–Kier alpha value is -3.08. The molecule has 1 aromatic rings. The predicted molar refractivity (Wildman–Crippen MR) is 73.3 cm³/mol. The van der Waals surface area contributed by atoms with Gasteiger partial charge < -0.3 is 15.7 Å². The smallest absolute Gasteiger partial charge is 0.327 e. The zero-order valence-corrected chi connectivity index (χ0v) is 10.9. The summed E-state index contributed by atoms with van der Waals surface area (Å²) in [5.74, 6) is 0.912. The highest BCUT2D eigenvalue weighted by Crippen LogP contribution is 2.12. The minimum absolute atomic E-state index is 0.0237. The quantitative estimate of drug-likeness (QED) is 0.408. The van der Waals surface area contributed by atoms with Gasteiger partial charge >= 0.3 is 12.0 Å². The van der Waals surface area contributed by atoms with E-state index < -0.39 is 23.0 Å². The summed E-state index contributed by atoms with van der Waals surface area (Å²) in [7, 11) is 0. The summed E-state index contributed by atoms with van der Waals surface area (Å²) >= 11 is 0. The number of carbonyl (C=O) groups excluding carboxylic acids is 1. The first-order valence-electron chi connectivity index (χ1n) is 5.88. The second kappa shape index (κ2) is 7.49. The van der Waals surface area contributed by atoms with Crippen LogP contribution in [0.5, 0.6) is 0 Å². The monoisotopic (exact) mass is 291 g/mol. The molecule has 0 aliphatic carbocycles. The Balaban J connectivity index is 2.57. The second-order valence-corrected chi connectivity index (χ2v) is 4.05.